The summed E-state index contributed by atoms with van der Waals surface area (Å²) in [6, 6.07) is 16.6. The summed E-state index contributed by atoms with van der Waals surface area (Å²) < 4.78 is 1.31. The third kappa shape index (κ3) is 4.27. The molecule has 2 aromatic carbocycles. The fourth-order valence-corrected chi connectivity index (χ4v) is 3.22. The van der Waals surface area contributed by atoms with Crippen LogP contribution >= 0.6 is 11.6 Å². The molecule has 0 atom stereocenters. The molecule has 7 nitrogen and oxygen atoms in total. The van der Waals surface area contributed by atoms with Gasteiger partial charge in [-0.25, -0.2) is 4.79 Å². The molecule has 0 aliphatic rings. The first-order valence-electron chi connectivity index (χ1n) is 8.77. The normalized spacial score (nSPS) is 10.8. The summed E-state index contributed by atoms with van der Waals surface area (Å²) in [5.74, 6) is 0.0399. The molecule has 0 amide bonds. The largest absolute Gasteiger partial charge is 0.395 e. The number of hydrogen-bond acceptors (Lipinski definition) is 5. The zero-order chi connectivity index (χ0) is 20.1. The number of aliphatic hydroxyl groups excluding tert-OH is 1. The SMILES string of the molecule is Nc1c(N(CCO)Cc2ccccc2Cl)c(=O)[nH]c(=O)n1Cc1ccccc1. The Kier molecular flexibility index (Phi) is 6.18. The predicted octanol–water partition coefficient (Wildman–Crippen LogP) is 1.82. The van der Waals surface area contributed by atoms with Crippen molar-refractivity contribution < 1.29 is 5.11 Å². The van der Waals surface area contributed by atoms with Gasteiger partial charge in [-0.2, -0.15) is 0 Å². The quantitative estimate of drug-likeness (QED) is 0.561. The van der Waals surface area contributed by atoms with E-state index in [9.17, 15) is 14.7 Å². The van der Waals surface area contributed by atoms with E-state index in [1.165, 1.54) is 4.57 Å². The highest BCUT2D eigenvalue weighted by Gasteiger charge is 2.20. The minimum absolute atomic E-state index is 0.0399. The second-order valence-electron chi connectivity index (χ2n) is 6.30. The number of nitrogens with zero attached hydrogens (tertiary/aromatic N) is 2. The number of benzene rings is 2. The Morgan fingerprint density at radius 2 is 1.75 bits per heavy atom. The molecule has 0 radical (unpaired) electrons. The van der Waals surface area contributed by atoms with Crippen molar-refractivity contribution in [2.24, 2.45) is 0 Å². The molecule has 0 saturated heterocycles. The summed E-state index contributed by atoms with van der Waals surface area (Å²) in [6.07, 6.45) is 0. The first-order chi connectivity index (χ1) is 13.5. The van der Waals surface area contributed by atoms with Gasteiger partial charge >= 0.3 is 5.69 Å². The van der Waals surface area contributed by atoms with Crippen molar-refractivity contribution in [2.45, 2.75) is 13.1 Å². The van der Waals surface area contributed by atoms with Crippen molar-refractivity contribution in [2.75, 3.05) is 23.8 Å². The smallest absolute Gasteiger partial charge is 0.330 e. The monoisotopic (exact) mass is 400 g/mol. The molecule has 4 N–H and O–H groups in total. The third-order valence-corrected chi connectivity index (χ3v) is 4.77. The van der Waals surface area contributed by atoms with Crippen LogP contribution in [-0.4, -0.2) is 27.8 Å². The molecule has 0 unspecified atom stereocenters. The Bertz CT molecular complexity index is 1060. The summed E-state index contributed by atoms with van der Waals surface area (Å²) in [5, 5.41) is 10.0. The Labute approximate surface area is 166 Å². The second kappa shape index (κ2) is 8.77. The number of aliphatic hydroxyl groups is 1. The lowest BCUT2D eigenvalue weighted by Crippen LogP contribution is -2.39. The minimum atomic E-state index is -0.604. The maximum Gasteiger partial charge on any atom is 0.330 e. The molecule has 8 heteroatoms. The Hall–Kier alpha value is -3.03. The Morgan fingerprint density at radius 1 is 1.07 bits per heavy atom. The van der Waals surface area contributed by atoms with Gasteiger partial charge in [0.15, 0.2) is 0 Å². The molecular formula is C20H21ClN4O3. The van der Waals surface area contributed by atoms with Crippen LogP contribution in [0.1, 0.15) is 11.1 Å². The van der Waals surface area contributed by atoms with Gasteiger partial charge in [0.2, 0.25) is 0 Å². The van der Waals surface area contributed by atoms with Gasteiger partial charge in [0.1, 0.15) is 11.5 Å². The summed E-state index contributed by atoms with van der Waals surface area (Å²) >= 11 is 6.24. The molecular weight excluding hydrogens is 380 g/mol. The van der Waals surface area contributed by atoms with Crippen LogP contribution in [0, 0.1) is 0 Å². The topological polar surface area (TPSA) is 104 Å². The number of H-pyrrole nitrogens is 1. The molecule has 0 bridgehead atoms. The van der Waals surface area contributed by atoms with Crippen LogP contribution in [0.4, 0.5) is 11.5 Å². The van der Waals surface area contributed by atoms with Crippen molar-refractivity contribution in [1.29, 1.82) is 0 Å². The third-order valence-electron chi connectivity index (χ3n) is 4.40. The summed E-state index contributed by atoms with van der Waals surface area (Å²) in [7, 11) is 0. The first-order valence-corrected chi connectivity index (χ1v) is 9.14. The number of hydrogen-bond donors (Lipinski definition) is 3. The number of nitrogens with two attached hydrogens (primary N) is 1. The van der Waals surface area contributed by atoms with Gasteiger partial charge in [-0.3, -0.25) is 14.3 Å². The van der Waals surface area contributed by atoms with Gasteiger partial charge in [0.05, 0.1) is 13.2 Å². The molecule has 0 fully saturated rings. The second-order valence-corrected chi connectivity index (χ2v) is 6.71. The van der Waals surface area contributed by atoms with Gasteiger partial charge < -0.3 is 15.7 Å². The van der Waals surface area contributed by atoms with Crippen LogP contribution in [0.25, 0.3) is 0 Å². The van der Waals surface area contributed by atoms with E-state index in [1.807, 2.05) is 48.5 Å². The number of rotatable bonds is 7. The van der Waals surface area contributed by atoms with Gasteiger partial charge in [0.25, 0.3) is 5.56 Å². The zero-order valence-electron chi connectivity index (χ0n) is 15.1. The van der Waals surface area contributed by atoms with E-state index in [4.69, 9.17) is 17.3 Å². The molecule has 1 heterocycles. The standard InChI is InChI=1S/C20H21ClN4O3/c21-16-9-5-4-8-15(16)13-24(10-11-26)17-18(22)25(20(28)23-19(17)27)12-14-6-2-1-3-7-14/h1-9,26H,10-13,22H2,(H,23,27,28). The predicted molar refractivity (Wildman–Crippen MR) is 111 cm³/mol. The van der Waals surface area contributed by atoms with Crippen LogP contribution in [0.15, 0.2) is 64.2 Å². The molecule has 1 aromatic heterocycles. The van der Waals surface area contributed by atoms with Crippen LogP contribution in [0.2, 0.25) is 5.02 Å². The molecule has 3 rings (SSSR count). The van der Waals surface area contributed by atoms with E-state index in [0.717, 1.165) is 11.1 Å². The number of nitrogen functional groups attached to an aromatic ring is 1. The van der Waals surface area contributed by atoms with Crippen molar-refractivity contribution in [3.63, 3.8) is 0 Å². The summed E-state index contributed by atoms with van der Waals surface area (Å²) in [6.45, 7) is 0.439. The molecule has 28 heavy (non-hydrogen) atoms. The van der Waals surface area contributed by atoms with Crippen molar-refractivity contribution in [3.8, 4) is 0 Å². The fourth-order valence-electron chi connectivity index (χ4n) is 3.03. The average Bonchev–Trinajstić information content (AvgIpc) is 2.68. The molecule has 0 saturated carbocycles. The van der Waals surface area contributed by atoms with Gasteiger partial charge in [-0.15, -0.1) is 0 Å². The van der Waals surface area contributed by atoms with Crippen molar-refractivity contribution in [1.82, 2.24) is 9.55 Å². The van der Waals surface area contributed by atoms with Crippen LogP contribution in [-0.2, 0) is 13.1 Å². The minimum Gasteiger partial charge on any atom is -0.395 e. The van der Waals surface area contributed by atoms with Gasteiger partial charge in [-0.1, -0.05) is 60.1 Å². The van der Waals surface area contributed by atoms with Crippen molar-refractivity contribution >= 4 is 23.1 Å². The lowest BCUT2D eigenvalue weighted by atomic mass is 10.2. The van der Waals surface area contributed by atoms with E-state index in [1.54, 1.807) is 11.0 Å². The maximum absolute atomic E-state index is 12.6. The first kappa shape index (κ1) is 19.7. The highest BCUT2D eigenvalue weighted by atomic mass is 35.5. The van der Waals surface area contributed by atoms with Crippen LogP contribution in [0.3, 0.4) is 0 Å². The van der Waals surface area contributed by atoms with E-state index < -0.39 is 11.2 Å². The van der Waals surface area contributed by atoms with Crippen LogP contribution in [0.5, 0.6) is 0 Å². The number of halogens is 1. The molecule has 0 aliphatic heterocycles. The van der Waals surface area contributed by atoms with Gasteiger partial charge in [0, 0.05) is 18.1 Å². The van der Waals surface area contributed by atoms with E-state index >= 15 is 0 Å². The molecule has 146 valence electrons. The number of aromatic amines is 1. The Morgan fingerprint density at radius 3 is 2.43 bits per heavy atom. The average molecular weight is 401 g/mol. The molecule has 3 aromatic rings. The molecule has 0 spiro atoms. The fraction of sp³-hybridized carbons (Fsp3) is 0.200. The Balaban J connectivity index is 2.05. The zero-order valence-corrected chi connectivity index (χ0v) is 15.9. The highest BCUT2D eigenvalue weighted by Crippen LogP contribution is 2.23. The lowest BCUT2D eigenvalue weighted by Gasteiger charge is -2.26. The summed E-state index contributed by atoms with van der Waals surface area (Å²) in [5.41, 5.74) is 6.83. The van der Waals surface area contributed by atoms with E-state index in [2.05, 4.69) is 4.98 Å². The lowest BCUT2D eigenvalue weighted by molar-refractivity contribution is 0.301. The van der Waals surface area contributed by atoms with E-state index in [0.29, 0.717) is 5.02 Å². The number of nitrogens with one attached hydrogen (secondary N) is 1. The number of aromatic nitrogens is 2. The van der Waals surface area contributed by atoms with Crippen molar-refractivity contribution in [3.05, 3.63) is 91.6 Å². The van der Waals surface area contributed by atoms with E-state index in [-0.39, 0.29) is 37.7 Å². The maximum atomic E-state index is 12.6. The number of anilines is 2. The molecule has 0 aliphatic carbocycles. The van der Waals surface area contributed by atoms with Crippen LogP contribution < -0.4 is 21.9 Å². The summed E-state index contributed by atoms with van der Waals surface area (Å²) in [4.78, 5) is 28.8. The highest BCUT2D eigenvalue weighted by molar-refractivity contribution is 6.31. The van der Waals surface area contributed by atoms with Gasteiger partial charge in [-0.05, 0) is 17.2 Å².